The maximum absolute atomic E-state index is 12.2. The first-order valence-electron chi connectivity index (χ1n) is 9.05. The number of rotatable bonds is 9. The van der Waals surface area contributed by atoms with Crippen molar-refractivity contribution in [2.24, 2.45) is 4.99 Å². The second-order valence-corrected chi connectivity index (χ2v) is 9.37. The molecule has 0 spiro atoms. The summed E-state index contributed by atoms with van der Waals surface area (Å²) in [6.07, 6.45) is 0.920. The molecule has 1 aromatic heterocycles. The molecule has 1 aromatic carbocycles. The lowest BCUT2D eigenvalue weighted by Crippen LogP contribution is -2.43. The van der Waals surface area contributed by atoms with E-state index in [4.69, 9.17) is 0 Å². The first-order valence-corrected chi connectivity index (χ1v) is 11.4. The molecule has 0 fully saturated rings. The van der Waals surface area contributed by atoms with Gasteiger partial charge >= 0.3 is 0 Å². The van der Waals surface area contributed by atoms with E-state index in [2.05, 4.69) is 46.3 Å². The van der Waals surface area contributed by atoms with Gasteiger partial charge in [-0.1, -0.05) is 18.2 Å². The Kier molecular flexibility index (Phi) is 11.0. The minimum atomic E-state index is -3.49. The molecule has 9 heteroatoms. The highest BCUT2D eigenvalue weighted by Crippen LogP contribution is 2.16. The number of sulfonamides is 1. The van der Waals surface area contributed by atoms with E-state index in [1.807, 2.05) is 6.92 Å². The number of aliphatic imine (C=N–C) groups is 1. The van der Waals surface area contributed by atoms with E-state index in [0.29, 0.717) is 12.5 Å². The van der Waals surface area contributed by atoms with E-state index < -0.39 is 10.0 Å². The standard InChI is InChI=1S/C19H28N4O2S2.HI/c1-4-20-19(23-15(2)14-17-11-10-16(3)26-17)21-12-13-22-27(24,25)18-8-6-5-7-9-18;/h5-11,15,22H,4,12-14H2,1-3H3,(H2,20,21,23);1H. The largest absolute Gasteiger partial charge is 0.357 e. The number of thiophene rings is 1. The van der Waals surface area contributed by atoms with Gasteiger partial charge in [0.1, 0.15) is 0 Å². The molecular weight excluding hydrogens is 507 g/mol. The molecule has 156 valence electrons. The van der Waals surface area contributed by atoms with Gasteiger partial charge in [-0.25, -0.2) is 13.1 Å². The summed E-state index contributed by atoms with van der Waals surface area (Å²) in [6, 6.07) is 12.9. The summed E-state index contributed by atoms with van der Waals surface area (Å²) in [4.78, 5) is 7.37. The molecule has 1 atom stereocenters. The third-order valence-electron chi connectivity index (χ3n) is 3.76. The Hall–Kier alpha value is -1.17. The molecule has 0 amide bonds. The van der Waals surface area contributed by atoms with Gasteiger partial charge in [0.2, 0.25) is 10.0 Å². The van der Waals surface area contributed by atoms with Gasteiger partial charge in [-0.2, -0.15) is 0 Å². The summed E-state index contributed by atoms with van der Waals surface area (Å²) in [5.41, 5.74) is 0. The summed E-state index contributed by atoms with van der Waals surface area (Å²) in [5, 5.41) is 6.57. The lowest BCUT2D eigenvalue weighted by atomic mass is 10.2. The molecule has 0 aliphatic rings. The third-order valence-corrected chi connectivity index (χ3v) is 6.26. The molecule has 0 aliphatic heterocycles. The minimum absolute atomic E-state index is 0. The molecule has 1 unspecified atom stereocenters. The topological polar surface area (TPSA) is 82.6 Å². The highest BCUT2D eigenvalue weighted by atomic mass is 127. The summed E-state index contributed by atoms with van der Waals surface area (Å²) in [6.45, 7) is 7.56. The van der Waals surface area contributed by atoms with E-state index in [1.165, 1.54) is 9.75 Å². The van der Waals surface area contributed by atoms with Gasteiger partial charge in [0.15, 0.2) is 5.96 Å². The van der Waals surface area contributed by atoms with Gasteiger partial charge in [0.25, 0.3) is 0 Å². The molecule has 1 heterocycles. The Balaban J connectivity index is 0.00000392. The quantitative estimate of drug-likeness (QED) is 0.199. The van der Waals surface area contributed by atoms with Crippen LogP contribution in [0.25, 0.3) is 0 Å². The normalized spacial score (nSPS) is 12.9. The molecular formula is C19H29IN4O2S2. The molecule has 0 radical (unpaired) electrons. The maximum Gasteiger partial charge on any atom is 0.240 e. The Labute approximate surface area is 189 Å². The second kappa shape index (κ2) is 12.4. The number of hydrogen-bond acceptors (Lipinski definition) is 4. The molecule has 28 heavy (non-hydrogen) atoms. The second-order valence-electron chi connectivity index (χ2n) is 6.23. The van der Waals surface area contributed by atoms with Crippen molar-refractivity contribution in [1.29, 1.82) is 0 Å². The summed E-state index contributed by atoms with van der Waals surface area (Å²) < 4.78 is 27.0. The van der Waals surface area contributed by atoms with E-state index in [0.717, 1.165) is 13.0 Å². The Bertz CT molecular complexity index is 839. The van der Waals surface area contributed by atoms with Crippen LogP contribution in [0.2, 0.25) is 0 Å². The Morgan fingerprint density at radius 1 is 1.18 bits per heavy atom. The zero-order valence-electron chi connectivity index (χ0n) is 16.4. The number of nitrogens with one attached hydrogen (secondary N) is 3. The zero-order chi connectivity index (χ0) is 19.7. The van der Waals surface area contributed by atoms with Gasteiger partial charge in [-0.15, -0.1) is 35.3 Å². The van der Waals surface area contributed by atoms with E-state index >= 15 is 0 Å². The monoisotopic (exact) mass is 536 g/mol. The predicted molar refractivity (Wildman–Crippen MR) is 128 cm³/mol. The van der Waals surface area contributed by atoms with Gasteiger partial charge in [-0.3, -0.25) is 4.99 Å². The predicted octanol–water partition coefficient (Wildman–Crippen LogP) is 3.14. The highest BCUT2D eigenvalue weighted by molar-refractivity contribution is 14.0. The lowest BCUT2D eigenvalue weighted by molar-refractivity contribution is 0.581. The van der Waals surface area contributed by atoms with Crippen molar-refractivity contribution in [2.75, 3.05) is 19.6 Å². The van der Waals surface area contributed by atoms with Gasteiger partial charge in [-0.05, 0) is 45.0 Å². The van der Waals surface area contributed by atoms with Gasteiger partial charge in [0, 0.05) is 35.3 Å². The maximum atomic E-state index is 12.2. The van der Waals surface area contributed by atoms with Crippen LogP contribution in [-0.2, 0) is 16.4 Å². The number of guanidine groups is 1. The minimum Gasteiger partial charge on any atom is -0.357 e. The molecule has 2 aromatic rings. The average Bonchev–Trinajstić information content (AvgIpc) is 3.04. The zero-order valence-corrected chi connectivity index (χ0v) is 20.4. The van der Waals surface area contributed by atoms with Crippen molar-refractivity contribution in [3.05, 3.63) is 52.2 Å². The summed E-state index contributed by atoms with van der Waals surface area (Å²) in [5.74, 6) is 0.692. The SMILES string of the molecule is CCNC(=NCCNS(=O)(=O)c1ccccc1)NC(C)Cc1ccc(C)s1.I. The Morgan fingerprint density at radius 3 is 2.50 bits per heavy atom. The van der Waals surface area contributed by atoms with Crippen molar-refractivity contribution in [3.8, 4) is 0 Å². The summed E-state index contributed by atoms with van der Waals surface area (Å²) in [7, 11) is -3.49. The molecule has 3 N–H and O–H groups in total. The smallest absolute Gasteiger partial charge is 0.240 e. The fourth-order valence-electron chi connectivity index (χ4n) is 2.53. The highest BCUT2D eigenvalue weighted by Gasteiger charge is 2.12. The Morgan fingerprint density at radius 2 is 1.89 bits per heavy atom. The molecule has 6 nitrogen and oxygen atoms in total. The first kappa shape index (κ1) is 24.9. The van der Waals surface area contributed by atoms with E-state index in [1.54, 1.807) is 41.7 Å². The molecule has 2 rings (SSSR count). The number of aryl methyl sites for hydroxylation is 1. The fourth-order valence-corrected chi connectivity index (χ4v) is 4.59. The lowest BCUT2D eigenvalue weighted by Gasteiger charge is -2.17. The van der Waals surface area contributed by atoms with Crippen LogP contribution in [0.15, 0.2) is 52.4 Å². The van der Waals surface area contributed by atoms with Crippen molar-refractivity contribution in [3.63, 3.8) is 0 Å². The van der Waals surface area contributed by atoms with Gasteiger partial charge < -0.3 is 10.6 Å². The molecule has 0 saturated heterocycles. The van der Waals surface area contributed by atoms with Crippen LogP contribution in [-0.4, -0.2) is 40.1 Å². The van der Waals surface area contributed by atoms with Crippen LogP contribution in [0.5, 0.6) is 0 Å². The third kappa shape index (κ3) is 8.46. The average molecular weight is 537 g/mol. The van der Waals surface area contributed by atoms with Crippen molar-refractivity contribution >= 4 is 51.3 Å². The summed E-state index contributed by atoms with van der Waals surface area (Å²) >= 11 is 1.80. The fraction of sp³-hybridized carbons (Fsp3) is 0.421. The van der Waals surface area contributed by atoms with Crippen molar-refractivity contribution in [1.82, 2.24) is 15.4 Å². The van der Waals surface area contributed by atoms with Crippen LogP contribution >= 0.6 is 35.3 Å². The number of nitrogens with zero attached hydrogens (tertiary/aromatic N) is 1. The van der Waals surface area contributed by atoms with Gasteiger partial charge in [0.05, 0.1) is 11.4 Å². The molecule has 0 saturated carbocycles. The number of benzene rings is 1. The van der Waals surface area contributed by atoms with Crippen LogP contribution in [0.3, 0.4) is 0 Å². The number of halogens is 1. The van der Waals surface area contributed by atoms with Crippen LogP contribution in [0, 0.1) is 6.92 Å². The van der Waals surface area contributed by atoms with E-state index in [9.17, 15) is 8.42 Å². The van der Waals surface area contributed by atoms with Crippen LogP contribution in [0.1, 0.15) is 23.6 Å². The number of hydrogen-bond donors (Lipinski definition) is 3. The molecule has 0 bridgehead atoms. The van der Waals surface area contributed by atoms with Crippen molar-refractivity contribution < 1.29 is 8.42 Å². The van der Waals surface area contributed by atoms with Crippen LogP contribution in [0.4, 0.5) is 0 Å². The first-order chi connectivity index (χ1) is 12.9. The van der Waals surface area contributed by atoms with E-state index in [-0.39, 0.29) is 41.5 Å². The van der Waals surface area contributed by atoms with Crippen LogP contribution < -0.4 is 15.4 Å². The molecule has 0 aliphatic carbocycles. The van der Waals surface area contributed by atoms with Crippen molar-refractivity contribution in [2.45, 2.75) is 38.1 Å².